The first-order valence-corrected chi connectivity index (χ1v) is 10.1. The lowest BCUT2D eigenvalue weighted by Crippen LogP contribution is -2.55. The van der Waals surface area contributed by atoms with Crippen LogP contribution in [0.15, 0.2) is 11.6 Å². The molecule has 0 saturated heterocycles. The predicted octanol–water partition coefficient (Wildman–Crippen LogP) is 5.88. The molecule has 4 rings (SSSR count). The number of ketones is 1. The first-order chi connectivity index (χ1) is 11.2. The minimum Gasteiger partial charge on any atom is -0.296 e. The number of alkyl halides is 1. The summed E-state index contributed by atoms with van der Waals surface area (Å²) in [6.07, 6.45) is 10.9. The highest BCUT2D eigenvalue weighted by Crippen LogP contribution is 2.68. The lowest BCUT2D eigenvalue weighted by Gasteiger charge is -2.58. The Labute approximate surface area is 146 Å². The zero-order valence-electron chi connectivity index (χ0n) is 15.8. The third-order valence-corrected chi connectivity index (χ3v) is 9.00. The molecule has 0 aromatic carbocycles. The monoisotopic (exact) mass is 332 g/mol. The van der Waals surface area contributed by atoms with Crippen molar-refractivity contribution in [3.63, 3.8) is 0 Å². The Hall–Kier alpha value is -0.660. The number of fused-ring (bicyclic) bond motifs is 5. The molecule has 0 amide bonds. The Kier molecular flexibility index (Phi) is 3.62. The summed E-state index contributed by atoms with van der Waals surface area (Å²) >= 11 is 0. The summed E-state index contributed by atoms with van der Waals surface area (Å²) < 4.78 is 15.6. The summed E-state index contributed by atoms with van der Waals surface area (Å²) in [6.45, 7) is 8.44. The van der Waals surface area contributed by atoms with Crippen LogP contribution < -0.4 is 0 Å². The molecule has 0 N–H and O–H groups in total. The maximum absolute atomic E-state index is 15.6. The van der Waals surface area contributed by atoms with Gasteiger partial charge >= 0.3 is 0 Å². The molecule has 3 saturated carbocycles. The van der Waals surface area contributed by atoms with Crippen LogP contribution in [0.1, 0.15) is 79.1 Å². The van der Waals surface area contributed by atoms with Crippen molar-refractivity contribution in [2.24, 2.45) is 34.5 Å². The SMILES string of the molecule is CC(=O)C1(F)CCC2C3CC=C4CC(C)CCC4(C)C3CCC21C. The molecular weight excluding hydrogens is 299 g/mol. The maximum atomic E-state index is 15.6. The van der Waals surface area contributed by atoms with E-state index in [0.29, 0.717) is 29.6 Å². The van der Waals surface area contributed by atoms with Crippen molar-refractivity contribution in [1.82, 2.24) is 0 Å². The van der Waals surface area contributed by atoms with Gasteiger partial charge in [-0.05, 0) is 87.4 Å². The molecule has 1 nitrogen and oxygen atoms in total. The second kappa shape index (κ2) is 5.17. The largest absolute Gasteiger partial charge is 0.296 e. The van der Waals surface area contributed by atoms with E-state index in [1.54, 1.807) is 5.57 Å². The van der Waals surface area contributed by atoms with E-state index >= 15 is 4.39 Å². The molecule has 2 heteroatoms. The normalized spacial score (nSPS) is 53.6. The molecule has 0 radical (unpaired) electrons. The number of hydrogen-bond donors (Lipinski definition) is 0. The van der Waals surface area contributed by atoms with Gasteiger partial charge in [0.05, 0.1) is 0 Å². The molecule has 7 unspecified atom stereocenters. The Morgan fingerprint density at radius 2 is 1.83 bits per heavy atom. The van der Waals surface area contributed by atoms with Crippen LogP contribution in [0.25, 0.3) is 0 Å². The molecule has 4 aliphatic rings. The Morgan fingerprint density at radius 1 is 1.12 bits per heavy atom. The fraction of sp³-hybridized carbons (Fsp3) is 0.864. The van der Waals surface area contributed by atoms with Crippen molar-refractivity contribution < 1.29 is 9.18 Å². The third-order valence-electron chi connectivity index (χ3n) is 9.00. The van der Waals surface area contributed by atoms with Crippen LogP contribution in [0.5, 0.6) is 0 Å². The average Bonchev–Trinajstić information content (AvgIpc) is 2.81. The quantitative estimate of drug-likeness (QED) is 0.548. The minimum absolute atomic E-state index is 0.226. The van der Waals surface area contributed by atoms with Crippen LogP contribution in [-0.2, 0) is 4.79 Å². The zero-order valence-corrected chi connectivity index (χ0v) is 15.8. The number of carbonyl (C=O) groups is 1. The summed E-state index contributed by atoms with van der Waals surface area (Å²) in [7, 11) is 0. The fourth-order valence-electron chi connectivity index (χ4n) is 7.41. The van der Waals surface area contributed by atoms with E-state index in [0.717, 1.165) is 31.6 Å². The highest BCUT2D eigenvalue weighted by molar-refractivity contribution is 5.86. The average molecular weight is 333 g/mol. The summed E-state index contributed by atoms with van der Waals surface area (Å²) in [6, 6.07) is 0. The molecule has 0 aliphatic heterocycles. The highest BCUT2D eigenvalue weighted by atomic mass is 19.1. The molecule has 0 bridgehead atoms. The minimum atomic E-state index is -1.57. The number of Topliss-reactive ketones (excluding diaryl/α,β-unsaturated/α-hetero) is 1. The molecule has 0 spiro atoms. The Bertz CT molecular complexity index is 595. The number of allylic oxidation sites excluding steroid dienone is 2. The van der Waals surface area contributed by atoms with Gasteiger partial charge in [0.1, 0.15) is 0 Å². The molecule has 134 valence electrons. The van der Waals surface area contributed by atoms with Gasteiger partial charge in [0.25, 0.3) is 0 Å². The Balaban J connectivity index is 1.69. The lowest BCUT2D eigenvalue weighted by atomic mass is 9.46. The van der Waals surface area contributed by atoms with Crippen LogP contribution in [-0.4, -0.2) is 11.5 Å². The summed E-state index contributed by atoms with van der Waals surface area (Å²) in [4.78, 5) is 12.1. The summed E-state index contributed by atoms with van der Waals surface area (Å²) in [5, 5.41) is 0. The fourth-order valence-corrected chi connectivity index (χ4v) is 7.41. The number of hydrogen-bond acceptors (Lipinski definition) is 1. The maximum Gasteiger partial charge on any atom is 0.174 e. The smallest absolute Gasteiger partial charge is 0.174 e. The predicted molar refractivity (Wildman–Crippen MR) is 95.4 cm³/mol. The van der Waals surface area contributed by atoms with E-state index in [1.807, 2.05) is 0 Å². The highest BCUT2D eigenvalue weighted by Gasteiger charge is 2.66. The number of carbonyl (C=O) groups excluding carboxylic acids is 1. The van der Waals surface area contributed by atoms with Gasteiger partial charge in [-0.3, -0.25) is 4.79 Å². The van der Waals surface area contributed by atoms with E-state index in [4.69, 9.17) is 0 Å². The summed E-state index contributed by atoms with van der Waals surface area (Å²) in [5.74, 6) is 2.27. The molecule has 7 atom stereocenters. The van der Waals surface area contributed by atoms with E-state index in [1.165, 1.54) is 26.2 Å². The van der Waals surface area contributed by atoms with Crippen molar-refractivity contribution in [2.75, 3.05) is 0 Å². The Morgan fingerprint density at radius 3 is 2.54 bits per heavy atom. The molecular formula is C22H33FO. The van der Waals surface area contributed by atoms with Gasteiger partial charge in [-0.2, -0.15) is 0 Å². The lowest BCUT2D eigenvalue weighted by molar-refractivity contribution is -0.143. The standard InChI is InChI=1S/C22H33FO/c1-14-7-10-20(3)16(13-14)5-6-17-18(20)8-11-21(4)19(17)9-12-22(21,23)15(2)24/h5,14,17-19H,6-13H2,1-4H3. The van der Waals surface area contributed by atoms with Crippen LogP contribution in [0.4, 0.5) is 4.39 Å². The van der Waals surface area contributed by atoms with Crippen LogP contribution in [0.2, 0.25) is 0 Å². The van der Waals surface area contributed by atoms with Gasteiger partial charge in [-0.1, -0.05) is 32.4 Å². The summed E-state index contributed by atoms with van der Waals surface area (Å²) in [5.41, 5.74) is 0.0366. The molecule has 0 aromatic rings. The van der Waals surface area contributed by atoms with Crippen molar-refractivity contribution in [3.05, 3.63) is 11.6 Å². The van der Waals surface area contributed by atoms with Gasteiger partial charge in [0, 0.05) is 5.41 Å². The zero-order chi connectivity index (χ0) is 17.3. The topological polar surface area (TPSA) is 17.1 Å². The second-order valence-corrected chi connectivity index (χ2v) is 9.96. The van der Waals surface area contributed by atoms with Crippen molar-refractivity contribution in [1.29, 1.82) is 0 Å². The molecule has 3 fully saturated rings. The van der Waals surface area contributed by atoms with E-state index in [-0.39, 0.29) is 5.78 Å². The first-order valence-electron chi connectivity index (χ1n) is 10.1. The van der Waals surface area contributed by atoms with Crippen molar-refractivity contribution >= 4 is 5.78 Å². The van der Waals surface area contributed by atoms with Crippen molar-refractivity contribution in [3.8, 4) is 0 Å². The van der Waals surface area contributed by atoms with E-state index in [9.17, 15) is 4.79 Å². The molecule has 24 heavy (non-hydrogen) atoms. The van der Waals surface area contributed by atoms with Crippen LogP contribution >= 0.6 is 0 Å². The first kappa shape index (κ1) is 16.8. The molecule has 0 aromatic heterocycles. The van der Waals surface area contributed by atoms with E-state index < -0.39 is 11.1 Å². The van der Waals surface area contributed by atoms with Crippen LogP contribution in [0, 0.1) is 34.5 Å². The van der Waals surface area contributed by atoms with Gasteiger partial charge in [-0.25, -0.2) is 4.39 Å². The second-order valence-electron chi connectivity index (χ2n) is 9.96. The van der Waals surface area contributed by atoms with Gasteiger partial charge < -0.3 is 0 Å². The number of rotatable bonds is 1. The third kappa shape index (κ3) is 1.95. The molecule has 0 heterocycles. The molecule has 4 aliphatic carbocycles. The van der Waals surface area contributed by atoms with E-state index in [2.05, 4.69) is 26.8 Å². The number of halogens is 1. The van der Waals surface area contributed by atoms with Crippen LogP contribution in [0.3, 0.4) is 0 Å². The van der Waals surface area contributed by atoms with Gasteiger partial charge in [0.2, 0.25) is 0 Å². The van der Waals surface area contributed by atoms with Gasteiger partial charge in [0.15, 0.2) is 11.5 Å². The van der Waals surface area contributed by atoms with Crippen molar-refractivity contribution in [2.45, 2.75) is 84.7 Å². The van der Waals surface area contributed by atoms with Gasteiger partial charge in [-0.15, -0.1) is 0 Å².